The fourth-order valence-corrected chi connectivity index (χ4v) is 4.32. The summed E-state index contributed by atoms with van der Waals surface area (Å²) in [5, 5.41) is 9.65. The maximum absolute atomic E-state index is 13.2. The van der Waals surface area contributed by atoms with Crippen LogP contribution in [0.1, 0.15) is 25.7 Å². The molecule has 2 atom stereocenters. The van der Waals surface area contributed by atoms with Gasteiger partial charge in [-0.3, -0.25) is 4.57 Å². The topological polar surface area (TPSA) is 49.2 Å². The van der Waals surface area contributed by atoms with E-state index >= 15 is 0 Å². The van der Waals surface area contributed by atoms with Gasteiger partial charge in [-0.15, -0.1) is 10.2 Å². The maximum Gasteiger partial charge on any atom is 0.191 e. The Morgan fingerprint density at radius 2 is 1.76 bits per heavy atom. The third-order valence-corrected chi connectivity index (χ3v) is 5.75. The van der Waals surface area contributed by atoms with Crippen LogP contribution in [0.5, 0.6) is 0 Å². The Morgan fingerprint density at radius 3 is 2.44 bits per heavy atom. The number of benzene rings is 1. The normalized spacial score (nSPS) is 23.4. The lowest BCUT2D eigenvalue weighted by Crippen LogP contribution is -2.17. The molecule has 2 fully saturated rings. The fraction of sp³-hybridized carbons (Fsp3) is 0.556. The molecule has 1 aromatic carbocycles. The van der Waals surface area contributed by atoms with E-state index in [0.29, 0.717) is 6.10 Å². The molecule has 5 nitrogen and oxygen atoms in total. The lowest BCUT2D eigenvalue weighted by atomic mass is 10.2. The van der Waals surface area contributed by atoms with Crippen molar-refractivity contribution in [2.24, 2.45) is 0 Å². The molecule has 2 aliphatic heterocycles. The summed E-state index contributed by atoms with van der Waals surface area (Å²) >= 11 is 1.68. The van der Waals surface area contributed by atoms with Crippen LogP contribution < -0.4 is 0 Å². The van der Waals surface area contributed by atoms with E-state index < -0.39 is 0 Å². The molecule has 25 heavy (non-hydrogen) atoms. The molecule has 4 rings (SSSR count). The van der Waals surface area contributed by atoms with Crippen molar-refractivity contribution in [1.82, 2.24) is 14.8 Å². The van der Waals surface area contributed by atoms with Crippen LogP contribution in [0.3, 0.4) is 0 Å². The van der Waals surface area contributed by atoms with E-state index in [0.717, 1.165) is 67.7 Å². The highest BCUT2D eigenvalue weighted by molar-refractivity contribution is 7.99. The number of halogens is 1. The van der Waals surface area contributed by atoms with Gasteiger partial charge < -0.3 is 9.47 Å². The summed E-state index contributed by atoms with van der Waals surface area (Å²) in [5.41, 5.74) is 0.871. The van der Waals surface area contributed by atoms with Gasteiger partial charge in [0.25, 0.3) is 0 Å². The highest BCUT2D eigenvalue weighted by atomic mass is 32.2. The Morgan fingerprint density at radius 1 is 1.04 bits per heavy atom. The Kier molecular flexibility index (Phi) is 5.33. The largest absolute Gasteiger partial charge is 0.377 e. The highest BCUT2D eigenvalue weighted by Crippen LogP contribution is 2.28. The lowest BCUT2D eigenvalue weighted by molar-refractivity contribution is 0.0953. The van der Waals surface area contributed by atoms with E-state index in [1.807, 2.05) is 0 Å². The van der Waals surface area contributed by atoms with E-state index in [9.17, 15) is 4.39 Å². The maximum atomic E-state index is 13.2. The molecule has 3 heterocycles. The third-order valence-electron chi connectivity index (χ3n) is 4.65. The summed E-state index contributed by atoms with van der Waals surface area (Å²) in [4.78, 5) is 0. The van der Waals surface area contributed by atoms with E-state index in [4.69, 9.17) is 9.47 Å². The van der Waals surface area contributed by atoms with Crippen molar-refractivity contribution in [3.8, 4) is 11.4 Å². The Hall–Kier alpha value is -1.44. The summed E-state index contributed by atoms with van der Waals surface area (Å²) in [5.74, 6) is 1.40. The molecule has 0 N–H and O–H groups in total. The predicted octanol–water partition coefficient (Wildman–Crippen LogP) is 3.53. The van der Waals surface area contributed by atoms with Gasteiger partial charge in [-0.1, -0.05) is 11.8 Å². The summed E-state index contributed by atoms with van der Waals surface area (Å²) in [6.45, 7) is 2.40. The summed E-state index contributed by atoms with van der Waals surface area (Å²) in [6, 6.07) is 6.42. The van der Waals surface area contributed by atoms with Crippen molar-refractivity contribution in [1.29, 1.82) is 0 Å². The standard InChI is InChI=1S/C18H22FN3O2S/c19-14-7-5-13(6-8-14)17-20-21-18(25-12-16-4-2-10-24-16)22(17)11-15-3-1-9-23-15/h5-8,15-16H,1-4,9-12H2/t15-,16-/m1/s1. The molecule has 2 aliphatic rings. The van der Waals surface area contributed by atoms with Gasteiger partial charge in [-0.25, -0.2) is 4.39 Å². The monoisotopic (exact) mass is 363 g/mol. The predicted molar refractivity (Wildman–Crippen MR) is 94.1 cm³/mol. The van der Waals surface area contributed by atoms with Crippen molar-refractivity contribution >= 4 is 11.8 Å². The average Bonchev–Trinajstić information content (AvgIpc) is 3.37. The number of rotatable bonds is 6. The van der Waals surface area contributed by atoms with Crippen LogP contribution in [-0.4, -0.2) is 45.9 Å². The zero-order valence-electron chi connectivity index (χ0n) is 14.1. The Bertz CT molecular complexity index is 695. The second kappa shape index (κ2) is 7.85. The van der Waals surface area contributed by atoms with Gasteiger partial charge in [-0.2, -0.15) is 0 Å². The molecule has 0 aliphatic carbocycles. The van der Waals surface area contributed by atoms with Crippen LogP contribution in [0.25, 0.3) is 11.4 Å². The molecule has 0 amide bonds. The van der Waals surface area contributed by atoms with Gasteiger partial charge in [0.2, 0.25) is 0 Å². The van der Waals surface area contributed by atoms with E-state index in [1.165, 1.54) is 12.1 Å². The number of hydrogen-bond acceptors (Lipinski definition) is 5. The molecule has 0 radical (unpaired) electrons. The molecule has 134 valence electrons. The molecule has 0 saturated carbocycles. The molecule has 0 unspecified atom stereocenters. The van der Waals surface area contributed by atoms with Crippen molar-refractivity contribution in [3.63, 3.8) is 0 Å². The van der Waals surface area contributed by atoms with Crippen LogP contribution in [0.15, 0.2) is 29.4 Å². The highest BCUT2D eigenvalue weighted by Gasteiger charge is 2.23. The van der Waals surface area contributed by atoms with E-state index in [-0.39, 0.29) is 11.9 Å². The van der Waals surface area contributed by atoms with Gasteiger partial charge in [0.15, 0.2) is 11.0 Å². The first-order valence-electron chi connectivity index (χ1n) is 8.85. The average molecular weight is 363 g/mol. The summed E-state index contributed by atoms with van der Waals surface area (Å²) in [7, 11) is 0. The van der Waals surface area contributed by atoms with Crippen molar-refractivity contribution in [3.05, 3.63) is 30.1 Å². The first-order valence-corrected chi connectivity index (χ1v) is 9.83. The van der Waals surface area contributed by atoms with Crippen LogP contribution in [0.2, 0.25) is 0 Å². The number of nitrogens with zero attached hydrogens (tertiary/aromatic N) is 3. The van der Waals surface area contributed by atoms with Gasteiger partial charge in [0.1, 0.15) is 5.82 Å². The smallest absolute Gasteiger partial charge is 0.191 e. The summed E-state index contributed by atoms with van der Waals surface area (Å²) < 4.78 is 26.9. The van der Waals surface area contributed by atoms with Gasteiger partial charge in [0.05, 0.1) is 18.8 Å². The zero-order valence-corrected chi connectivity index (χ0v) is 14.9. The zero-order chi connectivity index (χ0) is 17.1. The molecule has 0 bridgehead atoms. The molecule has 0 spiro atoms. The molecule has 2 saturated heterocycles. The Labute approximate surface area is 150 Å². The minimum absolute atomic E-state index is 0.192. The number of ether oxygens (including phenoxy) is 2. The first kappa shape index (κ1) is 17.0. The van der Waals surface area contributed by atoms with Crippen LogP contribution in [-0.2, 0) is 16.0 Å². The minimum Gasteiger partial charge on any atom is -0.377 e. The number of thioether (sulfide) groups is 1. The van der Waals surface area contributed by atoms with E-state index in [2.05, 4.69) is 14.8 Å². The SMILES string of the molecule is Fc1ccc(-c2nnc(SC[C@H]3CCCO3)n2C[C@H]2CCCO2)cc1. The summed E-state index contributed by atoms with van der Waals surface area (Å²) in [6.07, 6.45) is 4.88. The fourth-order valence-electron chi connectivity index (χ4n) is 3.31. The number of aromatic nitrogens is 3. The van der Waals surface area contributed by atoms with Gasteiger partial charge in [-0.05, 0) is 49.9 Å². The molecule has 2 aromatic rings. The van der Waals surface area contributed by atoms with Gasteiger partial charge in [0, 0.05) is 24.5 Å². The molecule has 7 heteroatoms. The number of hydrogen-bond donors (Lipinski definition) is 0. The van der Waals surface area contributed by atoms with Crippen molar-refractivity contribution in [2.45, 2.75) is 49.6 Å². The van der Waals surface area contributed by atoms with Crippen LogP contribution >= 0.6 is 11.8 Å². The van der Waals surface area contributed by atoms with Crippen LogP contribution in [0, 0.1) is 5.82 Å². The molecule has 1 aromatic heterocycles. The van der Waals surface area contributed by atoms with Gasteiger partial charge >= 0.3 is 0 Å². The minimum atomic E-state index is -0.248. The third kappa shape index (κ3) is 4.04. The Balaban J connectivity index is 1.57. The van der Waals surface area contributed by atoms with Crippen molar-refractivity contribution < 1.29 is 13.9 Å². The molecular weight excluding hydrogens is 341 g/mol. The molecular formula is C18H22FN3O2S. The second-order valence-corrected chi connectivity index (χ2v) is 7.49. The second-order valence-electron chi connectivity index (χ2n) is 6.50. The first-order chi connectivity index (χ1) is 12.3. The quantitative estimate of drug-likeness (QED) is 0.735. The van der Waals surface area contributed by atoms with Crippen molar-refractivity contribution in [2.75, 3.05) is 19.0 Å². The van der Waals surface area contributed by atoms with Crippen LogP contribution in [0.4, 0.5) is 4.39 Å². The van der Waals surface area contributed by atoms with E-state index in [1.54, 1.807) is 23.9 Å². The lowest BCUT2D eigenvalue weighted by Gasteiger charge is -2.15.